The van der Waals surface area contributed by atoms with Crippen LogP contribution in [0.5, 0.6) is 0 Å². The Hall–Kier alpha value is -5.65. The summed E-state index contributed by atoms with van der Waals surface area (Å²) in [5.74, 6) is -1.12. The molecule has 5 aromatic rings. The lowest BCUT2D eigenvalue weighted by Crippen LogP contribution is -2.52. The number of hydrogen-bond donors (Lipinski definition) is 2. The molecule has 3 atom stereocenters. The molecule has 6 heterocycles. The van der Waals surface area contributed by atoms with Gasteiger partial charge in [-0.05, 0) is 81.8 Å². The van der Waals surface area contributed by atoms with E-state index >= 15 is 4.39 Å². The van der Waals surface area contributed by atoms with E-state index in [2.05, 4.69) is 25.5 Å². The Morgan fingerprint density at radius 2 is 1.81 bits per heavy atom. The van der Waals surface area contributed by atoms with Gasteiger partial charge in [-0.25, -0.2) is 19.2 Å². The number of halogens is 4. The molecule has 1 saturated carbocycles. The van der Waals surface area contributed by atoms with Crippen molar-refractivity contribution in [3.8, 4) is 0 Å². The Labute approximate surface area is 323 Å². The van der Waals surface area contributed by atoms with Crippen LogP contribution in [0.25, 0.3) is 21.9 Å². The lowest BCUT2D eigenvalue weighted by Gasteiger charge is -2.42. The molecule has 1 aromatic carbocycles. The highest BCUT2D eigenvalue weighted by Gasteiger charge is 2.37. The average molecular weight is 791 g/mol. The van der Waals surface area contributed by atoms with Crippen LogP contribution in [0.1, 0.15) is 73.2 Å². The average Bonchev–Trinajstić information content (AvgIpc) is 3.72. The van der Waals surface area contributed by atoms with Gasteiger partial charge in [-0.1, -0.05) is 12.1 Å². The number of amides is 3. The normalized spacial score (nSPS) is 23.4. The summed E-state index contributed by atoms with van der Waals surface area (Å²) in [7, 11) is 3.63. The van der Waals surface area contributed by atoms with E-state index < -0.39 is 35.9 Å². The van der Waals surface area contributed by atoms with Crippen molar-refractivity contribution in [3.05, 3.63) is 76.7 Å². The van der Waals surface area contributed by atoms with E-state index in [4.69, 9.17) is 5.10 Å². The molecule has 300 valence electrons. The largest absolute Gasteiger partial charge is 0.433 e. The van der Waals surface area contributed by atoms with Crippen LogP contribution >= 0.6 is 0 Å². The van der Waals surface area contributed by atoms with Crippen molar-refractivity contribution in [1.29, 1.82) is 0 Å². The number of carbonyl (C=O) groups is 3. The van der Waals surface area contributed by atoms with Crippen molar-refractivity contribution >= 4 is 51.2 Å². The molecule has 3 aliphatic rings. The summed E-state index contributed by atoms with van der Waals surface area (Å²) in [5.41, 5.74) is 0.663. The number of anilines is 2. The number of imidazole rings is 1. The number of alkyl halides is 4. The minimum Gasteiger partial charge on any atom is -0.367 e. The second-order valence-corrected chi connectivity index (χ2v) is 15.4. The molecule has 8 rings (SSSR count). The van der Waals surface area contributed by atoms with E-state index in [1.54, 1.807) is 19.2 Å². The molecule has 0 spiro atoms. The number of aromatic nitrogens is 6. The van der Waals surface area contributed by atoms with Gasteiger partial charge in [0.15, 0.2) is 0 Å². The van der Waals surface area contributed by atoms with Crippen molar-refractivity contribution in [2.24, 2.45) is 13.0 Å². The number of carbonyl (C=O) groups excluding carboxylic acids is 3. The number of nitrogens with zero attached hydrogens (tertiary/aromatic N) is 8. The van der Waals surface area contributed by atoms with Gasteiger partial charge in [-0.3, -0.25) is 33.5 Å². The number of imide groups is 1. The highest BCUT2D eigenvalue weighted by Crippen LogP contribution is 2.36. The molecular weight excluding hydrogens is 748 g/mol. The predicted octanol–water partition coefficient (Wildman–Crippen LogP) is 5.01. The monoisotopic (exact) mass is 790 g/mol. The van der Waals surface area contributed by atoms with Gasteiger partial charge in [0, 0.05) is 44.2 Å². The fraction of sp³-hybridized carbons (Fsp3) is 0.462. The lowest BCUT2D eigenvalue weighted by atomic mass is 9.85. The smallest absolute Gasteiger partial charge is 0.367 e. The minimum absolute atomic E-state index is 0.145. The third-order valence-corrected chi connectivity index (χ3v) is 11.7. The van der Waals surface area contributed by atoms with Crippen molar-refractivity contribution < 1.29 is 31.9 Å². The number of piperidine rings is 2. The maximum Gasteiger partial charge on any atom is 0.433 e. The first kappa shape index (κ1) is 38.2. The van der Waals surface area contributed by atoms with Crippen molar-refractivity contribution in [3.63, 3.8) is 0 Å². The van der Waals surface area contributed by atoms with E-state index in [1.165, 1.54) is 21.4 Å². The molecule has 0 radical (unpaired) electrons. The highest BCUT2D eigenvalue weighted by atomic mass is 19.4. The fourth-order valence-electron chi connectivity index (χ4n) is 8.75. The number of hydrogen-bond acceptors (Lipinski definition) is 9. The summed E-state index contributed by atoms with van der Waals surface area (Å²) in [6, 6.07) is 9.32. The number of aryl methyl sites for hydroxylation is 1. The Morgan fingerprint density at radius 1 is 1.04 bits per heavy atom. The Balaban J connectivity index is 0.862. The molecule has 18 heteroatoms. The number of pyridine rings is 2. The number of rotatable bonds is 8. The third-order valence-electron chi connectivity index (χ3n) is 11.7. The summed E-state index contributed by atoms with van der Waals surface area (Å²) in [4.78, 5) is 62.3. The molecule has 1 aliphatic carbocycles. The highest BCUT2D eigenvalue weighted by molar-refractivity contribution is 6.03. The zero-order chi connectivity index (χ0) is 40.2. The molecule has 57 heavy (non-hydrogen) atoms. The van der Waals surface area contributed by atoms with Gasteiger partial charge in [0.25, 0.3) is 5.91 Å². The van der Waals surface area contributed by atoms with Gasteiger partial charge in [0.1, 0.15) is 34.9 Å². The van der Waals surface area contributed by atoms with Crippen molar-refractivity contribution in [2.45, 2.75) is 75.4 Å². The number of fused-ring (bicyclic) bond motifs is 2. The first-order valence-electron chi connectivity index (χ1n) is 19.1. The SMILES string of the molecule is CN(CC1CCC(n2cc3cc(NC(=O)c4cccc(C(F)(F)F)n4)ncc3n2)CC1)[C@@H]1CCN(c2cccc3c2n(C)c(=O)n3C2CCC(=O)NC2=O)C[C@@H]1F. The molecule has 2 aliphatic heterocycles. The second-order valence-electron chi connectivity index (χ2n) is 15.4. The van der Waals surface area contributed by atoms with Crippen LogP contribution in [0, 0.1) is 5.92 Å². The van der Waals surface area contributed by atoms with E-state index in [0.717, 1.165) is 55.4 Å². The molecule has 0 bridgehead atoms. The van der Waals surface area contributed by atoms with E-state index in [0.29, 0.717) is 35.4 Å². The summed E-state index contributed by atoms with van der Waals surface area (Å²) in [6.07, 6.45) is 2.20. The summed E-state index contributed by atoms with van der Waals surface area (Å²) in [5, 5.41) is 10.3. The summed E-state index contributed by atoms with van der Waals surface area (Å²) >= 11 is 0. The van der Waals surface area contributed by atoms with Gasteiger partial charge in [-0.15, -0.1) is 0 Å². The van der Waals surface area contributed by atoms with Gasteiger partial charge in [0.2, 0.25) is 11.8 Å². The van der Waals surface area contributed by atoms with Gasteiger partial charge in [0.05, 0.1) is 35.5 Å². The molecule has 14 nitrogen and oxygen atoms in total. The van der Waals surface area contributed by atoms with Crippen LogP contribution in [0.2, 0.25) is 0 Å². The van der Waals surface area contributed by atoms with Crippen LogP contribution in [0.4, 0.5) is 29.1 Å². The van der Waals surface area contributed by atoms with Crippen LogP contribution in [-0.2, 0) is 22.8 Å². The predicted molar refractivity (Wildman–Crippen MR) is 202 cm³/mol. The van der Waals surface area contributed by atoms with E-state index in [-0.39, 0.29) is 54.6 Å². The molecule has 1 unspecified atom stereocenters. The third kappa shape index (κ3) is 7.49. The standard InChI is InChI=1S/C39H42F4N10O4/c1-49(28-15-16-51(21-25(28)40)29-6-4-7-30-35(29)50(2)38(57)53(30)31-13-14-34(54)47-37(31)56)19-22-9-11-24(12-10-22)52-20-23-17-33(44-18-27(23)48-52)46-36(55)26-5-3-8-32(45-26)39(41,42)43/h3-8,17-18,20,22,24-25,28,31H,9-16,19,21H2,1-2H3,(H,46,55)(H,47,54,56)/t22?,24?,25-,28+,31?/m0/s1. The number of para-hydroxylation sites is 1. The first-order chi connectivity index (χ1) is 27.2. The molecule has 3 amide bonds. The second kappa shape index (κ2) is 15.0. The van der Waals surface area contributed by atoms with Crippen LogP contribution in [0.3, 0.4) is 0 Å². The Kier molecular flexibility index (Phi) is 10.1. The topological polar surface area (TPSA) is 152 Å². The van der Waals surface area contributed by atoms with E-state index in [1.807, 2.05) is 35.0 Å². The van der Waals surface area contributed by atoms with Crippen LogP contribution in [0.15, 0.2) is 59.7 Å². The minimum atomic E-state index is -4.67. The van der Waals surface area contributed by atoms with Gasteiger partial charge >= 0.3 is 11.9 Å². The Bertz CT molecular complexity index is 2420. The summed E-state index contributed by atoms with van der Waals surface area (Å²) < 4.78 is 60.1. The maximum atomic E-state index is 16.1. The van der Waals surface area contributed by atoms with Crippen molar-refractivity contribution in [1.82, 2.24) is 39.1 Å². The van der Waals surface area contributed by atoms with Gasteiger partial charge < -0.3 is 15.1 Å². The number of nitrogens with one attached hydrogen (secondary N) is 2. The fourth-order valence-corrected chi connectivity index (χ4v) is 8.75. The molecular formula is C39H42F4N10O4. The lowest BCUT2D eigenvalue weighted by molar-refractivity contribution is -0.141. The zero-order valence-corrected chi connectivity index (χ0v) is 31.4. The zero-order valence-electron chi connectivity index (χ0n) is 31.4. The van der Waals surface area contributed by atoms with Gasteiger partial charge in [-0.2, -0.15) is 18.3 Å². The molecule has 4 aromatic heterocycles. The molecule has 3 fully saturated rings. The number of benzene rings is 1. The van der Waals surface area contributed by atoms with Crippen LogP contribution in [-0.4, -0.2) is 90.4 Å². The first-order valence-corrected chi connectivity index (χ1v) is 19.1. The Morgan fingerprint density at radius 3 is 2.54 bits per heavy atom. The van der Waals surface area contributed by atoms with Crippen LogP contribution < -0.4 is 21.2 Å². The van der Waals surface area contributed by atoms with E-state index in [9.17, 15) is 32.3 Å². The molecule has 2 saturated heterocycles. The molecule has 2 N–H and O–H groups in total. The maximum absolute atomic E-state index is 16.1. The van der Waals surface area contributed by atoms with Crippen molar-refractivity contribution in [2.75, 3.05) is 36.9 Å². The summed E-state index contributed by atoms with van der Waals surface area (Å²) in [6.45, 7) is 1.51. The quantitative estimate of drug-likeness (QED) is 0.163.